The molecule has 1 N–H and O–H groups in total. The van der Waals surface area contributed by atoms with Crippen LogP contribution < -0.4 is 0 Å². The molecule has 23 heavy (non-hydrogen) atoms. The van der Waals surface area contributed by atoms with E-state index >= 15 is 0 Å². The maximum Gasteiger partial charge on any atom is 0.233 e. The van der Waals surface area contributed by atoms with E-state index < -0.39 is 12.0 Å². The number of hydrogen-bond acceptors (Lipinski definition) is 3. The minimum Gasteiger partial charge on any atom is -0.387 e. The fourth-order valence-electron chi connectivity index (χ4n) is 2.94. The zero-order valence-corrected chi connectivity index (χ0v) is 13.0. The molecule has 2 atom stereocenters. The molecule has 1 aliphatic heterocycles. The maximum atomic E-state index is 13.0. The molecule has 1 heterocycles. The van der Waals surface area contributed by atoms with Gasteiger partial charge in [0.1, 0.15) is 0 Å². The van der Waals surface area contributed by atoms with Gasteiger partial charge in [0.2, 0.25) is 5.91 Å². The molecule has 0 unspecified atom stereocenters. The van der Waals surface area contributed by atoms with Gasteiger partial charge in [0.05, 0.1) is 25.2 Å². The second-order valence-electron chi connectivity index (χ2n) is 5.68. The first-order chi connectivity index (χ1) is 11.3. The minimum atomic E-state index is -0.867. The highest BCUT2D eigenvalue weighted by Gasteiger charge is 2.33. The number of carbonyl (C=O) groups is 1. The summed E-state index contributed by atoms with van der Waals surface area (Å²) in [5.41, 5.74) is 1.59. The number of amides is 1. The molecule has 2 aromatic carbocycles. The summed E-state index contributed by atoms with van der Waals surface area (Å²) in [6.45, 7) is 2.25. The molecule has 0 spiro atoms. The predicted octanol–water partition coefficient (Wildman–Crippen LogP) is 2.36. The lowest BCUT2D eigenvalue weighted by Crippen LogP contribution is -2.44. The third-order valence-electron chi connectivity index (χ3n) is 4.20. The van der Waals surface area contributed by atoms with Crippen LogP contribution >= 0.6 is 0 Å². The van der Waals surface area contributed by atoms with E-state index in [1.165, 1.54) is 0 Å². The Balaban J connectivity index is 1.92. The summed E-state index contributed by atoms with van der Waals surface area (Å²) in [6, 6.07) is 18.9. The van der Waals surface area contributed by atoms with Crippen molar-refractivity contribution in [2.24, 2.45) is 0 Å². The molecule has 0 saturated carbocycles. The van der Waals surface area contributed by atoms with Gasteiger partial charge in [-0.2, -0.15) is 0 Å². The van der Waals surface area contributed by atoms with Gasteiger partial charge in [0.25, 0.3) is 0 Å². The average Bonchev–Trinajstić information content (AvgIpc) is 2.64. The van der Waals surface area contributed by atoms with Gasteiger partial charge in [-0.3, -0.25) is 4.79 Å². The first kappa shape index (κ1) is 15.7. The first-order valence-electron chi connectivity index (χ1n) is 7.92. The fraction of sp³-hybridized carbons (Fsp3) is 0.316. The van der Waals surface area contributed by atoms with Crippen LogP contribution in [0.4, 0.5) is 0 Å². The summed E-state index contributed by atoms with van der Waals surface area (Å²) in [5.74, 6) is -0.646. The molecule has 1 aliphatic rings. The SMILES string of the molecule is O=C([C@@H](c1ccccc1)[C@@H](O)c1ccccc1)N1CCOCC1. The number of carbonyl (C=O) groups excluding carboxylic acids is 1. The van der Waals surface area contributed by atoms with E-state index in [2.05, 4.69) is 0 Å². The molecule has 2 aromatic rings. The van der Waals surface area contributed by atoms with Crippen LogP contribution in [0.3, 0.4) is 0 Å². The average molecular weight is 311 g/mol. The van der Waals surface area contributed by atoms with Crippen molar-refractivity contribution in [3.8, 4) is 0 Å². The third-order valence-corrected chi connectivity index (χ3v) is 4.20. The lowest BCUT2D eigenvalue weighted by molar-refractivity contribution is -0.139. The maximum absolute atomic E-state index is 13.0. The zero-order chi connectivity index (χ0) is 16.1. The van der Waals surface area contributed by atoms with Crippen LogP contribution in [-0.4, -0.2) is 42.2 Å². The molecule has 0 radical (unpaired) electrons. The Bertz CT molecular complexity index is 624. The molecule has 120 valence electrons. The van der Waals surface area contributed by atoms with Crippen molar-refractivity contribution in [1.82, 2.24) is 4.90 Å². The second kappa shape index (κ2) is 7.40. The first-order valence-corrected chi connectivity index (χ1v) is 7.92. The van der Waals surface area contributed by atoms with Crippen molar-refractivity contribution >= 4 is 5.91 Å². The molecule has 0 aromatic heterocycles. The van der Waals surface area contributed by atoms with Gasteiger partial charge in [0, 0.05) is 13.1 Å². The quantitative estimate of drug-likeness (QED) is 0.943. The molecular weight excluding hydrogens is 290 g/mol. The van der Waals surface area contributed by atoms with Crippen LogP contribution in [0.5, 0.6) is 0 Å². The molecule has 3 rings (SSSR count). The standard InChI is InChI=1S/C19H21NO3/c21-18(16-9-5-2-6-10-16)17(15-7-3-1-4-8-15)19(22)20-11-13-23-14-12-20/h1-10,17-18,21H,11-14H2/t17-,18-/m0/s1. The largest absolute Gasteiger partial charge is 0.387 e. The summed E-state index contributed by atoms with van der Waals surface area (Å²) >= 11 is 0. The molecule has 4 heteroatoms. The van der Waals surface area contributed by atoms with Gasteiger partial charge in [-0.05, 0) is 11.1 Å². The Kier molecular flexibility index (Phi) is 5.05. The Morgan fingerprint density at radius 3 is 2.00 bits per heavy atom. The van der Waals surface area contributed by atoms with Crippen molar-refractivity contribution in [2.45, 2.75) is 12.0 Å². The topological polar surface area (TPSA) is 49.8 Å². The van der Waals surface area contributed by atoms with Crippen LogP contribution in [0.1, 0.15) is 23.1 Å². The third kappa shape index (κ3) is 3.60. The van der Waals surface area contributed by atoms with Crippen LogP contribution in [0.25, 0.3) is 0 Å². The van der Waals surface area contributed by atoms with E-state index in [9.17, 15) is 9.90 Å². The van der Waals surface area contributed by atoms with Crippen molar-refractivity contribution in [3.05, 3.63) is 71.8 Å². The van der Waals surface area contributed by atoms with E-state index in [0.717, 1.165) is 11.1 Å². The molecule has 0 bridgehead atoms. The number of morpholine rings is 1. The van der Waals surface area contributed by atoms with E-state index in [1.807, 2.05) is 60.7 Å². The van der Waals surface area contributed by atoms with E-state index in [0.29, 0.717) is 26.3 Å². The van der Waals surface area contributed by atoms with Crippen LogP contribution in [-0.2, 0) is 9.53 Å². The summed E-state index contributed by atoms with van der Waals surface area (Å²) < 4.78 is 5.32. The van der Waals surface area contributed by atoms with E-state index in [-0.39, 0.29) is 5.91 Å². The number of aliphatic hydroxyl groups is 1. The van der Waals surface area contributed by atoms with Gasteiger partial charge in [-0.25, -0.2) is 0 Å². The zero-order valence-electron chi connectivity index (χ0n) is 13.0. The second-order valence-corrected chi connectivity index (χ2v) is 5.68. The number of rotatable bonds is 4. The summed E-state index contributed by atoms with van der Waals surface area (Å²) in [7, 11) is 0. The van der Waals surface area contributed by atoms with Gasteiger partial charge in [-0.1, -0.05) is 60.7 Å². The van der Waals surface area contributed by atoms with Crippen LogP contribution in [0.15, 0.2) is 60.7 Å². The van der Waals surface area contributed by atoms with Gasteiger partial charge in [-0.15, -0.1) is 0 Å². The monoisotopic (exact) mass is 311 g/mol. The molecular formula is C19H21NO3. The number of hydrogen-bond donors (Lipinski definition) is 1. The number of aliphatic hydroxyl groups excluding tert-OH is 1. The Labute approximate surface area is 136 Å². The highest BCUT2D eigenvalue weighted by Crippen LogP contribution is 2.32. The fourth-order valence-corrected chi connectivity index (χ4v) is 2.94. The summed E-state index contributed by atoms with van der Waals surface area (Å²) in [4.78, 5) is 14.8. The number of ether oxygens (including phenoxy) is 1. The van der Waals surface area contributed by atoms with Crippen molar-refractivity contribution in [2.75, 3.05) is 26.3 Å². The summed E-state index contributed by atoms with van der Waals surface area (Å²) in [5, 5.41) is 10.9. The highest BCUT2D eigenvalue weighted by molar-refractivity contribution is 5.84. The van der Waals surface area contributed by atoms with Crippen molar-refractivity contribution in [1.29, 1.82) is 0 Å². The number of nitrogens with zero attached hydrogens (tertiary/aromatic N) is 1. The van der Waals surface area contributed by atoms with E-state index in [1.54, 1.807) is 4.90 Å². The Morgan fingerprint density at radius 2 is 1.43 bits per heavy atom. The lowest BCUT2D eigenvalue weighted by atomic mass is 9.88. The lowest BCUT2D eigenvalue weighted by Gasteiger charge is -2.32. The molecule has 0 aliphatic carbocycles. The Hall–Kier alpha value is -2.17. The van der Waals surface area contributed by atoms with Crippen molar-refractivity contribution < 1.29 is 14.6 Å². The number of benzene rings is 2. The molecule has 1 saturated heterocycles. The van der Waals surface area contributed by atoms with Gasteiger partial charge in [0.15, 0.2) is 0 Å². The molecule has 1 amide bonds. The van der Waals surface area contributed by atoms with Crippen LogP contribution in [0, 0.1) is 0 Å². The Morgan fingerprint density at radius 1 is 0.913 bits per heavy atom. The normalized spacial score (nSPS) is 17.5. The van der Waals surface area contributed by atoms with Crippen molar-refractivity contribution in [3.63, 3.8) is 0 Å². The van der Waals surface area contributed by atoms with Gasteiger partial charge < -0.3 is 14.7 Å². The predicted molar refractivity (Wildman–Crippen MR) is 88.0 cm³/mol. The highest BCUT2D eigenvalue weighted by atomic mass is 16.5. The minimum absolute atomic E-state index is 0.0455. The molecule has 4 nitrogen and oxygen atoms in total. The molecule has 1 fully saturated rings. The summed E-state index contributed by atoms with van der Waals surface area (Å²) in [6.07, 6.45) is -0.867. The van der Waals surface area contributed by atoms with E-state index in [4.69, 9.17) is 4.74 Å². The van der Waals surface area contributed by atoms with Crippen LogP contribution in [0.2, 0.25) is 0 Å². The smallest absolute Gasteiger partial charge is 0.233 e. The van der Waals surface area contributed by atoms with Gasteiger partial charge >= 0.3 is 0 Å².